The molecule has 0 fully saturated rings. The van der Waals surface area contributed by atoms with Crippen molar-refractivity contribution in [3.8, 4) is 0 Å². The highest BCUT2D eigenvalue weighted by atomic mass is 35.5. The van der Waals surface area contributed by atoms with Crippen LogP contribution in [0.1, 0.15) is 40.6 Å². The maximum absolute atomic E-state index is 13.0. The summed E-state index contributed by atoms with van der Waals surface area (Å²) in [6.07, 6.45) is -3.86. The maximum Gasteiger partial charge on any atom is 0.416 e. The molecule has 0 radical (unpaired) electrons. The SMILES string of the molecule is CNC(=O)[C@H](NCC[C@H](c1ccc(C(F)(F)F)cc1)c1ccccc1Cl)c1ccccc1. The van der Waals surface area contributed by atoms with Crippen LogP contribution in [0.2, 0.25) is 5.02 Å². The molecule has 0 aliphatic carbocycles. The first kappa shape index (κ1) is 23.8. The first-order valence-electron chi connectivity index (χ1n) is 10.2. The summed E-state index contributed by atoms with van der Waals surface area (Å²) in [7, 11) is 1.58. The number of hydrogen-bond donors (Lipinski definition) is 2. The Bertz CT molecular complexity index is 1020. The third kappa shape index (κ3) is 5.90. The fraction of sp³-hybridized carbons (Fsp3) is 0.240. The van der Waals surface area contributed by atoms with Crippen LogP contribution in [0.25, 0.3) is 0 Å². The van der Waals surface area contributed by atoms with E-state index in [-0.39, 0.29) is 11.8 Å². The predicted octanol–water partition coefficient (Wildman–Crippen LogP) is 5.96. The number of halogens is 4. The lowest BCUT2D eigenvalue weighted by molar-refractivity contribution is -0.137. The number of hydrogen-bond acceptors (Lipinski definition) is 2. The molecular weight excluding hydrogens is 437 g/mol. The van der Waals surface area contributed by atoms with Crippen LogP contribution in [0.4, 0.5) is 13.2 Å². The molecule has 168 valence electrons. The molecule has 3 aromatic rings. The minimum atomic E-state index is -4.39. The van der Waals surface area contributed by atoms with Crippen molar-refractivity contribution < 1.29 is 18.0 Å². The Kier molecular flexibility index (Phi) is 7.94. The van der Waals surface area contributed by atoms with Gasteiger partial charge < -0.3 is 10.6 Å². The molecule has 3 nitrogen and oxygen atoms in total. The first-order chi connectivity index (χ1) is 15.3. The molecule has 0 saturated carbocycles. The van der Waals surface area contributed by atoms with E-state index in [1.165, 1.54) is 12.1 Å². The minimum absolute atomic E-state index is 0.167. The van der Waals surface area contributed by atoms with E-state index in [0.717, 1.165) is 28.8 Å². The topological polar surface area (TPSA) is 41.1 Å². The summed E-state index contributed by atoms with van der Waals surface area (Å²) >= 11 is 6.42. The standard InChI is InChI=1S/C25H24ClF3N2O/c1-30-24(32)23(18-7-3-2-4-8-18)31-16-15-20(21-9-5-6-10-22(21)26)17-11-13-19(14-12-17)25(27,28)29/h2-14,20,23,31H,15-16H2,1H3,(H,30,32)/t20-,23-/m1/s1. The first-order valence-corrected chi connectivity index (χ1v) is 10.6. The number of carbonyl (C=O) groups excluding carboxylic acids is 1. The van der Waals surface area contributed by atoms with Crippen molar-refractivity contribution in [3.05, 3.63) is 106 Å². The van der Waals surface area contributed by atoms with E-state index in [4.69, 9.17) is 11.6 Å². The van der Waals surface area contributed by atoms with Crippen LogP contribution in [0, 0.1) is 0 Å². The Balaban J connectivity index is 1.83. The summed E-state index contributed by atoms with van der Waals surface area (Å²) in [6, 6.07) is 21.3. The predicted molar refractivity (Wildman–Crippen MR) is 121 cm³/mol. The van der Waals surface area contributed by atoms with Crippen molar-refractivity contribution in [1.82, 2.24) is 10.6 Å². The maximum atomic E-state index is 13.0. The Morgan fingerprint density at radius 1 is 0.906 bits per heavy atom. The highest BCUT2D eigenvalue weighted by molar-refractivity contribution is 6.31. The minimum Gasteiger partial charge on any atom is -0.358 e. The molecule has 32 heavy (non-hydrogen) atoms. The van der Waals surface area contributed by atoms with Gasteiger partial charge in [-0.15, -0.1) is 0 Å². The van der Waals surface area contributed by atoms with Gasteiger partial charge in [-0.1, -0.05) is 72.3 Å². The summed E-state index contributed by atoms with van der Waals surface area (Å²) < 4.78 is 39.0. The van der Waals surface area contributed by atoms with Crippen LogP contribution in [0.5, 0.6) is 0 Å². The normalized spacial score (nSPS) is 13.4. The van der Waals surface area contributed by atoms with Gasteiger partial charge in [0.25, 0.3) is 0 Å². The number of rotatable bonds is 8. The van der Waals surface area contributed by atoms with Crippen molar-refractivity contribution >= 4 is 17.5 Å². The zero-order chi connectivity index (χ0) is 23.1. The van der Waals surface area contributed by atoms with Gasteiger partial charge in [-0.3, -0.25) is 4.79 Å². The average molecular weight is 461 g/mol. The Morgan fingerprint density at radius 3 is 2.12 bits per heavy atom. The molecule has 3 rings (SSSR count). The molecule has 1 amide bonds. The van der Waals surface area contributed by atoms with Crippen LogP contribution in [-0.2, 0) is 11.0 Å². The lowest BCUT2D eigenvalue weighted by atomic mass is 9.87. The molecule has 2 N–H and O–H groups in total. The zero-order valence-corrected chi connectivity index (χ0v) is 18.3. The molecule has 0 bridgehead atoms. The molecule has 0 aliphatic rings. The smallest absolute Gasteiger partial charge is 0.358 e. The van der Waals surface area contributed by atoms with Gasteiger partial charge >= 0.3 is 6.18 Å². The number of carbonyl (C=O) groups is 1. The van der Waals surface area contributed by atoms with Crippen molar-refractivity contribution in [2.45, 2.75) is 24.6 Å². The molecular formula is C25H24ClF3N2O. The van der Waals surface area contributed by atoms with Gasteiger partial charge in [-0.05, 0) is 47.9 Å². The summed E-state index contributed by atoms with van der Waals surface area (Å²) in [5.74, 6) is -0.403. The Hall–Kier alpha value is -2.83. The molecule has 0 heterocycles. The molecule has 7 heteroatoms. The van der Waals surface area contributed by atoms with E-state index in [2.05, 4.69) is 10.6 Å². The second-order valence-electron chi connectivity index (χ2n) is 7.39. The second kappa shape index (κ2) is 10.7. The Morgan fingerprint density at radius 2 is 1.53 bits per heavy atom. The van der Waals surface area contributed by atoms with E-state index in [1.807, 2.05) is 48.5 Å². The summed E-state index contributed by atoms with van der Waals surface area (Å²) in [5, 5.41) is 6.49. The van der Waals surface area contributed by atoms with E-state index in [1.54, 1.807) is 13.1 Å². The molecule has 0 aliphatic heterocycles. The zero-order valence-electron chi connectivity index (χ0n) is 17.5. The van der Waals surface area contributed by atoms with E-state index in [9.17, 15) is 18.0 Å². The molecule has 0 unspecified atom stereocenters. The van der Waals surface area contributed by atoms with Gasteiger partial charge in [0, 0.05) is 18.0 Å². The van der Waals surface area contributed by atoms with Crippen molar-refractivity contribution in [2.24, 2.45) is 0 Å². The van der Waals surface area contributed by atoms with Crippen molar-refractivity contribution in [2.75, 3.05) is 13.6 Å². The lowest BCUT2D eigenvalue weighted by Crippen LogP contribution is -2.36. The number of alkyl halides is 3. The third-order valence-corrected chi connectivity index (χ3v) is 5.69. The highest BCUT2D eigenvalue weighted by Crippen LogP contribution is 2.35. The fourth-order valence-electron chi connectivity index (χ4n) is 3.69. The van der Waals surface area contributed by atoms with Crippen LogP contribution < -0.4 is 10.6 Å². The molecule has 0 aromatic heterocycles. The quantitative estimate of drug-likeness (QED) is 0.435. The van der Waals surface area contributed by atoms with Gasteiger partial charge in [0.15, 0.2) is 0 Å². The lowest BCUT2D eigenvalue weighted by Gasteiger charge is -2.23. The summed E-state index contributed by atoms with van der Waals surface area (Å²) in [5.41, 5.74) is 1.69. The van der Waals surface area contributed by atoms with Crippen LogP contribution in [0.3, 0.4) is 0 Å². The van der Waals surface area contributed by atoms with Crippen LogP contribution >= 0.6 is 11.6 Å². The second-order valence-corrected chi connectivity index (χ2v) is 7.80. The monoisotopic (exact) mass is 460 g/mol. The number of benzene rings is 3. The molecule has 3 aromatic carbocycles. The average Bonchev–Trinajstić information content (AvgIpc) is 2.80. The van der Waals surface area contributed by atoms with Crippen molar-refractivity contribution in [1.29, 1.82) is 0 Å². The fourth-order valence-corrected chi connectivity index (χ4v) is 3.96. The summed E-state index contributed by atoms with van der Waals surface area (Å²) in [6.45, 7) is 0.448. The number of likely N-dealkylation sites (N-methyl/N-ethyl adjacent to an activating group) is 1. The van der Waals surface area contributed by atoms with Gasteiger partial charge in [0.05, 0.1) is 5.56 Å². The largest absolute Gasteiger partial charge is 0.416 e. The van der Waals surface area contributed by atoms with Gasteiger partial charge in [-0.2, -0.15) is 13.2 Å². The summed E-state index contributed by atoms with van der Waals surface area (Å²) in [4.78, 5) is 12.4. The number of amides is 1. The Labute approximate surface area is 190 Å². The van der Waals surface area contributed by atoms with Crippen molar-refractivity contribution in [3.63, 3.8) is 0 Å². The van der Waals surface area contributed by atoms with Gasteiger partial charge in [0.2, 0.25) is 5.91 Å². The molecule has 0 saturated heterocycles. The van der Waals surface area contributed by atoms with Crippen LogP contribution in [-0.4, -0.2) is 19.5 Å². The number of nitrogens with one attached hydrogen (secondary N) is 2. The molecule has 0 spiro atoms. The molecule has 2 atom stereocenters. The van der Waals surface area contributed by atoms with Crippen LogP contribution in [0.15, 0.2) is 78.9 Å². The third-order valence-electron chi connectivity index (χ3n) is 5.34. The van der Waals surface area contributed by atoms with Gasteiger partial charge in [0.1, 0.15) is 6.04 Å². The van der Waals surface area contributed by atoms with E-state index >= 15 is 0 Å². The van der Waals surface area contributed by atoms with Gasteiger partial charge in [-0.25, -0.2) is 0 Å². The van der Waals surface area contributed by atoms with E-state index in [0.29, 0.717) is 18.0 Å². The van der Waals surface area contributed by atoms with E-state index < -0.39 is 17.8 Å². The highest BCUT2D eigenvalue weighted by Gasteiger charge is 2.30.